The van der Waals surface area contributed by atoms with Crippen molar-refractivity contribution < 1.29 is 24.2 Å². The lowest BCUT2D eigenvalue weighted by Gasteiger charge is -2.16. The van der Waals surface area contributed by atoms with Crippen molar-refractivity contribution in [3.05, 3.63) is 71.3 Å². The second-order valence-electron chi connectivity index (χ2n) is 5.83. The summed E-state index contributed by atoms with van der Waals surface area (Å²) in [5, 5.41) is 11.9. The van der Waals surface area contributed by atoms with Gasteiger partial charge in [0.1, 0.15) is 12.1 Å². The van der Waals surface area contributed by atoms with Crippen LogP contribution in [-0.4, -0.2) is 29.0 Å². The Hall–Kier alpha value is -3.15. The average molecular weight is 339 g/mol. The van der Waals surface area contributed by atoms with Gasteiger partial charge in [-0.05, 0) is 11.6 Å². The molecule has 0 saturated carbocycles. The van der Waals surface area contributed by atoms with Gasteiger partial charge in [0.2, 0.25) is 5.91 Å². The SMILES string of the molecule is O=C(CC1OC(=O)c2ccccc21)NC(Cc1ccccc1)C(=O)O. The van der Waals surface area contributed by atoms with Crippen molar-refractivity contribution in [2.75, 3.05) is 0 Å². The molecule has 6 heteroatoms. The molecule has 0 radical (unpaired) electrons. The Morgan fingerprint density at radius 3 is 2.48 bits per heavy atom. The second kappa shape index (κ2) is 7.17. The quantitative estimate of drug-likeness (QED) is 0.786. The molecule has 128 valence electrons. The largest absolute Gasteiger partial charge is 0.480 e. The maximum atomic E-state index is 12.3. The Morgan fingerprint density at radius 2 is 1.76 bits per heavy atom. The summed E-state index contributed by atoms with van der Waals surface area (Å²) in [7, 11) is 0. The van der Waals surface area contributed by atoms with Crippen molar-refractivity contribution in [2.24, 2.45) is 0 Å². The van der Waals surface area contributed by atoms with Crippen molar-refractivity contribution in [2.45, 2.75) is 25.0 Å². The number of carboxylic acid groups (broad SMARTS) is 1. The first-order valence-electron chi connectivity index (χ1n) is 7.90. The summed E-state index contributed by atoms with van der Waals surface area (Å²) in [6.45, 7) is 0. The Kier molecular flexibility index (Phi) is 4.79. The van der Waals surface area contributed by atoms with Crippen molar-refractivity contribution in [1.29, 1.82) is 0 Å². The Labute approximate surface area is 144 Å². The smallest absolute Gasteiger partial charge is 0.339 e. The van der Waals surface area contributed by atoms with Gasteiger partial charge in [0.15, 0.2) is 0 Å². The highest BCUT2D eigenvalue weighted by atomic mass is 16.5. The van der Waals surface area contributed by atoms with E-state index in [1.165, 1.54) is 0 Å². The molecule has 3 rings (SSSR count). The van der Waals surface area contributed by atoms with Gasteiger partial charge >= 0.3 is 11.9 Å². The molecule has 0 aliphatic carbocycles. The number of carbonyl (C=O) groups excluding carboxylic acids is 2. The van der Waals surface area contributed by atoms with Crippen LogP contribution in [0.2, 0.25) is 0 Å². The van der Waals surface area contributed by atoms with Crippen molar-refractivity contribution in [1.82, 2.24) is 5.32 Å². The monoisotopic (exact) mass is 339 g/mol. The summed E-state index contributed by atoms with van der Waals surface area (Å²) in [4.78, 5) is 35.5. The molecule has 25 heavy (non-hydrogen) atoms. The third kappa shape index (κ3) is 3.85. The first-order valence-corrected chi connectivity index (χ1v) is 7.90. The molecule has 0 saturated heterocycles. The average Bonchev–Trinajstić information content (AvgIpc) is 2.91. The third-order valence-electron chi connectivity index (χ3n) is 4.06. The zero-order chi connectivity index (χ0) is 17.8. The lowest BCUT2D eigenvalue weighted by Crippen LogP contribution is -2.42. The van der Waals surface area contributed by atoms with E-state index >= 15 is 0 Å². The normalized spacial score (nSPS) is 16.6. The minimum Gasteiger partial charge on any atom is -0.480 e. The number of hydrogen-bond acceptors (Lipinski definition) is 4. The fourth-order valence-electron chi connectivity index (χ4n) is 2.84. The van der Waals surface area contributed by atoms with Gasteiger partial charge in [-0.2, -0.15) is 0 Å². The van der Waals surface area contributed by atoms with Crippen LogP contribution in [-0.2, 0) is 20.7 Å². The molecular formula is C19H17NO5. The summed E-state index contributed by atoms with van der Waals surface area (Å²) in [6, 6.07) is 14.9. The third-order valence-corrected chi connectivity index (χ3v) is 4.06. The van der Waals surface area contributed by atoms with Crippen LogP contribution in [0.15, 0.2) is 54.6 Å². The molecule has 1 amide bonds. The van der Waals surface area contributed by atoms with Crippen LogP contribution in [0.25, 0.3) is 0 Å². The Bertz CT molecular complexity index is 802. The van der Waals surface area contributed by atoms with Gasteiger partial charge in [0.05, 0.1) is 12.0 Å². The van der Waals surface area contributed by atoms with E-state index in [-0.39, 0.29) is 12.8 Å². The van der Waals surface area contributed by atoms with E-state index in [9.17, 15) is 19.5 Å². The first-order chi connectivity index (χ1) is 12.0. The van der Waals surface area contributed by atoms with Gasteiger partial charge in [-0.25, -0.2) is 9.59 Å². The zero-order valence-corrected chi connectivity index (χ0v) is 13.3. The number of hydrogen-bond donors (Lipinski definition) is 2. The zero-order valence-electron chi connectivity index (χ0n) is 13.3. The molecule has 2 atom stereocenters. The molecule has 1 aliphatic heterocycles. The molecule has 0 bridgehead atoms. The lowest BCUT2D eigenvalue weighted by atomic mass is 10.0. The predicted octanol–water partition coefficient (Wildman–Crippen LogP) is 2.10. The highest BCUT2D eigenvalue weighted by Crippen LogP contribution is 2.32. The Morgan fingerprint density at radius 1 is 1.08 bits per heavy atom. The molecule has 0 fully saturated rings. The van der Waals surface area contributed by atoms with E-state index in [1.54, 1.807) is 36.4 Å². The fourth-order valence-corrected chi connectivity index (χ4v) is 2.84. The number of benzene rings is 2. The molecule has 0 aromatic heterocycles. The molecule has 2 aromatic carbocycles. The van der Waals surface area contributed by atoms with Crippen molar-refractivity contribution in [3.8, 4) is 0 Å². The lowest BCUT2D eigenvalue weighted by molar-refractivity contribution is -0.142. The van der Waals surface area contributed by atoms with Crippen molar-refractivity contribution in [3.63, 3.8) is 0 Å². The summed E-state index contributed by atoms with van der Waals surface area (Å²) < 4.78 is 5.22. The van der Waals surface area contributed by atoms with Crippen LogP contribution in [0.4, 0.5) is 0 Å². The molecular weight excluding hydrogens is 322 g/mol. The molecule has 2 N–H and O–H groups in total. The van der Waals surface area contributed by atoms with Crippen LogP contribution in [0, 0.1) is 0 Å². The number of fused-ring (bicyclic) bond motifs is 1. The Balaban J connectivity index is 1.65. The van der Waals surface area contributed by atoms with Gasteiger partial charge in [0, 0.05) is 12.0 Å². The molecule has 6 nitrogen and oxygen atoms in total. The highest BCUT2D eigenvalue weighted by Gasteiger charge is 2.33. The number of nitrogens with one attached hydrogen (secondary N) is 1. The molecule has 2 unspecified atom stereocenters. The first kappa shape index (κ1) is 16.7. The van der Waals surface area contributed by atoms with E-state index in [2.05, 4.69) is 5.32 Å². The number of amides is 1. The van der Waals surface area contributed by atoms with Crippen LogP contribution >= 0.6 is 0 Å². The molecule has 0 spiro atoms. The predicted molar refractivity (Wildman–Crippen MR) is 88.9 cm³/mol. The van der Waals surface area contributed by atoms with Gasteiger partial charge in [-0.15, -0.1) is 0 Å². The summed E-state index contributed by atoms with van der Waals surface area (Å²) >= 11 is 0. The number of carboxylic acids is 1. The number of rotatable bonds is 6. The molecule has 2 aromatic rings. The van der Waals surface area contributed by atoms with Crippen LogP contribution in [0.3, 0.4) is 0 Å². The minimum atomic E-state index is -1.11. The van der Waals surface area contributed by atoms with Gasteiger partial charge in [-0.3, -0.25) is 4.79 Å². The van der Waals surface area contributed by atoms with E-state index in [0.29, 0.717) is 11.1 Å². The van der Waals surface area contributed by atoms with E-state index in [0.717, 1.165) is 5.56 Å². The number of esters is 1. The summed E-state index contributed by atoms with van der Waals surface area (Å²) in [5.41, 5.74) is 1.91. The number of ether oxygens (including phenoxy) is 1. The molecule has 1 aliphatic rings. The van der Waals surface area contributed by atoms with Gasteiger partial charge in [-0.1, -0.05) is 48.5 Å². The van der Waals surface area contributed by atoms with E-state index in [1.807, 2.05) is 18.2 Å². The maximum Gasteiger partial charge on any atom is 0.339 e. The standard InChI is InChI=1S/C19H17NO5/c21-17(11-16-13-8-4-5-9-14(13)19(24)25-16)20-15(18(22)23)10-12-6-2-1-3-7-12/h1-9,15-16H,10-11H2,(H,20,21)(H,22,23). The van der Waals surface area contributed by atoms with Crippen molar-refractivity contribution >= 4 is 17.8 Å². The van der Waals surface area contributed by atoms with Crippen LogP contribution in [0.5, 0.6) is 0 Å². The minimum absolute atomic E-state index is 0.110. The summed E-state index contributed by atoms with van der Waals surface area (Å²) in [5.74, 6) is -2.05. The maximum absolute atomic E-state index is 12.3. The van der Waals surface area contributed by atoms with E-state index < -0.39 is 30.0 Å². The van der Waals surface area contributed by atoms with Gasteiger partial charge in [0.25, 0.3) is 0 Å². The van der Waals surface area contributed by atoms with E-state index in [4.69, 9.17) is 4.74 Å². The number of carbonyl (C=O) groups is 3. The number of cyclic esters (lactones) is 1. The summed E-state index contributed by atoms with van der Waals surface area (Å²) in [6.07, 6.45) is -0.612. The number of aliphatic carboxylic acids is 1. The topological polar surface area (TPSA) is 92.7 Å². The van der Waals surface area contributed by atoms with Crippen LogP contribution < -0.4 is 5.32 Å². The highest BCUT2D eigenvalue weighted by molar-refractivity contribution is 5.95. The molecule has 1 heterocycles. The van der Waals surface area contributed by atoms with Gasteiger partial charge < -0.3 is 15.2 Å². The fraction of sp³-hybridized carbons (Fsp3) is 0.211. The van der Waals surface area contributed by atoms with Crippen LogP contribution in [0.1, 0.15) is 34.0 Å². The second-order valence-corrected chi connectivity index (χ2v) is 5.83.